The molecule has 1 aliphatic rings. The Bertz CT molecular complexity index is 803. The molecule has 2 aromatic heterocycles. The molecule has 0 aliphatic carbocycles. The number of hydrogen-bond acceptors (Lipinski definition) is 5. The van der Waals surface area contributed by atoms with Gasteiger partial charge in [0.1, 0.15) is 5.82 Å². The van der Waals surface area contributed by atoms with Gasteiger partial charge in [-0.05, 0) is 38.5 Å². The number of amides is 1. The Balaban J connectivity index is 0.00000320. The van der Waals surface area contributed by atoms with Crippen molar-refractivity contribution in [2.24, 2.45) is 4.99 Å². The smallest absolute Gasteiger partial charge is 0.287 e. The van der Waals surface area contributed by atoms with Crippen molar-refractivity contribution in [2.45, 2.75) is 20.3 Å². The Morgan fingerprint density at radius 3 is 2.63 bits per heavy atom. The number of rotatable bonds is 7. The molecule has 2 N–H and O–H groups in total. The number of nitrogens with zero attached hydrogens (tertiary/aromatic N) is 4. The number of piperazine rings is 1. The normalized spacial score (nSPS) is 14.3. The summed E-state index contributed by atoms with van der Waals surface area (Å²) in [4.78, 5) is 25.8. The van der Waals surface area contributed by atoms with E-state index in [1.165, 1.54) is 6.26 Å². The number of pyridine rings is 1. The lowest BCUT2D eigenvalue weighted by atomic mass is 10.2. The number of nitrogens with one attached hydrogen (secondary N) is 2. The molecular formula is C21H31IN6O2. The second-order valence-electron chi connectivity index (χ2n) is 6.94. The third kappa shape index (κ3) is 6.61. The lowest BCUT2D eigenvalue weighted by molar-refractivity contribution is 0.0925. The number of guanidine groups is 1. The standard InChI is InChI=1S/C21H30N6O2.HI/c1-3-22-21(25-11-6-10-24-20(28)19-17(2)8-16-29-19)27-14-12-26(13-15-27)18-7-4-5-9-23-18;/h4-5,7-9,16H,3,6,10-15H2,1-2H3,(H,22,25)(H,24,28);1H. The molecule has 0 spiro atoms. The third-order valence-corrected chi connectivity index (χ3v) is 4.84. The van der Waals surface area contributed by atoms with Gasteiger partial charge in [0.05, 0.1) is 6.26 Å². The van der Waals surface area contributed by atoms with Gasteiger partial charge >= 0.3 is 0 Å². The van der Waals surface area contributed by atoms with Crippen LogP contribution in [0, 0.1) is 6.92 Å². The van der Waals surface area contributed by atoms with Gasteiger partial charge in [0, 0.05) is 57.6 Å². The molecule has 1 amide bonds. The van der Waals surface area contributed by atoms with Gasteiger partial charge in [-0.3, -0.25) is 9.79 Å². The Hall–Kier alpha value is -2.30. The lowest BCUT2D eigenvalue weighted by Crippen LogP contribution is -2.52. The zero-order valence-corrected chi connectivity index (χ0v) is 20.0. The SMILES string of the molecule is CCNC(=NCCCNC(=O)c1occc1C)N1CCN(c2ccccn2)CC1.I. The summed E-state index contributed by atoms with van der Waals surface area (Å²) in [7, 11) is 0. The first kappa shape index (κ1) is 24.0. The van der Waals surface area contributed by atoms with Crippen molar-refractivity contribution in [3.8, 4) is 0 Å². The van der Waals surface area contributed by atoms with Gasteiger partial charge in [0.15, 0.2) is 11.7 Å². The highest BCUT2D eigenvalue weighted by atomic mass is 127. The molecule has 2 aromatic rings. The average Bonchev–Trinajstić information content (AvgIpc) is 3.19. The molecule has 1 fully saturated rings. The third-order valence-electron chi connectivity index (χ3n) is 4.84. The van der Waals surface area contributed by atoms with Gasteiger partial charge < -0.3 is 24.9 Å². The van der Waals surface area contributed by atoms with Gasteiger partial charge in [-0.15, -0.1) is 24.0 Å². The van der Waals surface area contributed by atoms with E-state index in [-0.39, 0.29) is 29.9 Å². The first-order valence-corrected chi connectivity index (χ1v) is 10.2. The van der Waals surface area contributed by atoms with E-state index in [0.717, 1.165) is 56.5 Å². The second kappa shape index (κ2) is 12.4. The molecule has 8 nitrogen and oxygen atoms in total. The summed E-state index contributed by atoms with van der Waals surface area (Å²) in [5.41, 5.74) is 0.847. The first-order valence-electron chi connectivity index (χ1n) is 10.2. The fourth-order valence-corrected chi connectivity index (χ4v) is 3.27. The average molecular weight is 526 g/mol. The van der Waals surface area contributed by atoms with E-state index < -0.39 is 0 Å². The Kier molecular flexibility index (Phi) is 9.92. The molecule has 0 atom stereocenters. The van der Waals surface area contributed by atoms with Gasteiger partial charge in [0.25, 0.3) is 5.91 Å². The Morgan fingerprint density at radius 1 is 1.20 bits per heavy atom. The highest BCUT2D eigenvalue weighted by molar-refractivity contribution is 14.0. The predicted octanol–water partition coefficient (Wildman–Crippen LogP) is 2.51. The molecule has 0 radical (unpaired) electrons. The van der Waals surface area contributed by atoms with Crippen LogP contribution in [-0.4, -0.2) is 67.6 Å². The van der Waals surface area contributed by atoms with Crippen molar-refractivity contribution in [1.82, 2.24) is 20.5 Å². The van der Waals surface area contributed by atoms with Crippen molar-refractivity contribution in [1.29, 1.82) is 0 Å². The molecule has 0 unspecified atom stereocenters. The summed E-state index contributed by atoms with van der Waals surface area (Å²) in [6.45, 7) is 9.61. The maximum atomic E-state index is 12.1. The molecule has 1 aliphatic heterocycles. The number of aryl methyl sites for hydroxylation is 1. The number of aliphatic imine (C=N–C) groups is 1. The van der Waals surface area contributed by atoms with E-state index in [1.54, 1.807) is 6.07 Å². The Labute approximate surface area is 195 Å². The molecule has 1 saturated heterocycles. The molecule has 9 heteroatoms. The van der Waals surface area contributed by atoms with Crippen LogP contribution >= 0.6 is 24.0 Å². The molecule has 3 heterocycles. The minimum Gasteiger partial charge on any atom is -0.459 e. The summed E-state index contributed by atoms with van der Waals surface area (Å²) < 4.78 is 5.21. The van der Waals surface area contributed by atoms with Crippen LogP contribution in [0.4, 0.5) is 5.82 Å². The van der Waals surface area contributed by atoms with E-state index >= 15 is 0 Å². The maximum absolute atomic E-state index is 12.1. The number of carbonyl (C=O) groups is 1. The topological polar surface area (TPSA) is 86.0 Å². The summed E-state index contributed by atoms with van der Waals surface area (Å²) in [6.07, 6.45) is 4.14. The highest BCUT2D eigenvalue weighted by Gasteiger charge is 2.20. The van der Waals surface area contributed by atoms with Gasteiger partial charge in [-0.1, -0.05) is 6.07 Å². The maximum Gasteiger partial charge on any atom is 0.287 e. The summed E-state index contributed by atoms with van der Waals surface area (Å²) in [5, 5.41) is 6.26. The number of carbonyl (C=O) groups excluding carboxylic acids is 1. The van der Waals surface area contributed by atoms with Crippen LogP contribution < -0.4 is 15.5 Å². The molecule has 3 rings (SSSR count). The van der Waals surface area contributed by atoms with E-state index in [9.17, 15) is 4.79 Å². The van der Waals surface area contributed by atoms with Crippen LogP contribution in [0.3, 0.4) is 0 Å². The monoisotopic (exact) mass is 526 g/mol. The number of anilines is 1. The first-order chi connectivity index (χ1) is 14.2. The van der Waals surface area contributed by atoms with E-state index in [4.69, 9.17) is 9.41 Å². The number of furan rings is 1. The van der Waals surface area contributed by atoms with Gasteiger partial charge in [-0.2, -0.15) is 0 Å². The van der Waals surface area contributed by atoms with Crippen LogP contribution in [-0.2, 0) is 0 Å². The van der Waals surface area contributed by atoms with E-state index in [2.05, 4.69) is 32.3 Å². The van der Waals surface area contributed by atoms with Crippen molar-refractivity contribution in [3.05, 3.63) is 48.0 Å². The van der Waals surface area contributed by atoms with Crippen molar-refractivity contribution in [3.63, 3.8) is 0 Å². The minimum atomic E-state index is -0.172. The second-order valence-corrected chi connectivity index (χ2v) is 6.94. The van der Waals surface area contributed by atoms with Crippen molar-refractivity contribution >= 4 is 41.7 Å². The lowest BCUT2D eigenvalue weighted by Gasteiger charge is -2.37. The van der Waals surface area contributed by atoms with Crippen LogP contribution in [0.15, 0.2) is 46.1 Å². The molecule has 30 heavy (non-hydrogen) atoms. The zero-order chi connectivity index (χ0) is 20.5. The van der Waals surface area contributed by atoms with Crippen LogP contribution in [0.2, 0.25) is 0 Å². The minimum absolute atomic E-state index is 0. The van der Waals surface area contributed by atoms with Gasteiger partial charge in [-0.25, -0.2) is 4.98 Å². The molecule has 0 saturated carbocycles. The fraction of sp³-hybridized carbons (Fsp3) is 0.476. The number of halogens is 1. The largest absolute Gasteiger partial charge is 0.459 e. The van der Waals surface area contributed by atoms with Crippen LogP contribution in [0.1, 0.15) is 29.5 Å². The van der Waals surface area contributed by atoms with Gasteiger partial charge in [0.2, 0.25) is 0 Å². The molecule has 0 bridgehead atoms. The van der Waals surface area contributed by atoms with Crippen molar-refractivity contribution in [2.75, 3.05) is 50.7 Å². The van der Waals surface area contributed by atoms with E-state index in [0.29, 0.717) is 18.8 Å². The quantitative estimate of drug-likeness (QED) is 0.250. The predicted molar refractivity (Wildman–Crippen MR) is 130 cm³/mol. The summed E-state index contributed by atoms with van der Waals surface area (Å²) >= 11 is 0. The molecule has 0 aromatic carbocycles. The molecule has 164 valence electrons. The number of aromatic nitrogens is 1. The summed E-state index contributed by atoms with van der Waals surface area (Å²) in [6, 6.07) is 7.79. The highest BCUT2D eigenvalue weighted by Crippen LogP contribution is 2.12. The zero-order valence-electron chi connectivity index (χ0n) is 17.6. The van der Waals surface area contributed by atoms with Crippen LogP contribution in [0.25, 0.3) is 0 Å². The summed E-state index contributed by atoms with van der Waals surface area (Å²) in [5.74, 6) is 2.17. The number of hydrogen-bond donors (Lipinski definition) is 2. The molecular weight excluding hydrogens is 495 g/mol. The van der Waals surface area contributed by atoms with Crippen molar-refractivity contribution < 1.29 is 9.21 Å². The van der Waals surface area contributed by atoms with E-state index in [1.807, 2.05) is 31.3 Å². The fourth-order valence-electron chi connectivity index (χ4n) is 3.27. The van der Waals surface area contributed by atoms with Crippen LogP contribution in [0.5, 0.6) is 0 Å². The Morgan fingerprint density at radius 2 is 2.00 bits per heavy atom.